The Bertz CT molecular complexity index is 3540. The number of hydrogen-bond donors (Lipinski definition) is 0. The Morgan fingerprint density at radius 3 is 1.48 bits per heavy atom. The first-order valence-electron chi connectivity index (χ1n) is 22.5. The molecule has 0 atom stereocenters. The van der Waals surface area contributed by atoms with E-state index < -0.39 is 24.2 Å². The molecular formula is C54H35NO. The van der Waals surface area contributed by atoms with Crippen molar-refractivity contribution in [3.63, 3.8) is 0 Å². The van der Waals surface area contributed by atoms with Crippen LogP contribution in [-0.2, 0) is 0 Å². The molecular weight excluding hydrogens is 679 g/mol. The molecule has 0 aliphatic heterocycles. The van der Waals surface area contributed by atoms with Crippen molar-refractivity contribution in [3.8, 4) is 33.4 Å². The summed E-state index contributed by atoms with van der Waals surface area (Å²) >= 11 is 0. The van der Waals surface area contributed by atoms with Crippen molar-refractivity contribution in [3.05, 3.63) is 212 Å². The molecule has 0 unspecified atom stereocenters. The number of nitrogens with zero attached hydrogens (tertiary/aromatic N) is 1. The minimum absolute atomic E-state index is 0.104. The molecule has 11 aromatic rings. The number of fused-ring (bicyclic) bond motifs is 7. The van der Waals surface area contributed by atoms with Gasteiger partial charge >= 0.3 is 0 Å². The summed E-state index contributed by atoms with van der Waals surface area (Å²) in [6.45, 7) is 0. The van der Waals surface area contributed by atoms with Crippen LogP contribution in [0.1, 0.15) is 11.0 Å². The molecule has 262 valence electrons. The standard InChI is InChI=1S/C54H35NO/c1-3-13-40-33-42(23-21-36(40)11-1)38-25-29-44(30-26-38)55(45-31-27-39(28-32-45)43-24-22-37-12-2-4-14-41(37)34-43)52-19-9-7-16-47(52)50-35-51-48-17-8-10-20-53(48)56-54(51)49-18-6-5-15-46(49)50/h1-35H/i25D,26D,27D,28D,29D,30D,31D,32D. The molecule has 11 rings (SSSR count). The van der Waals surface area contributed by atoms with E-state index in [4.69, 9.17) is 4.42 Å². The fraction of sp³-hybridized carbons (Fsp3) is 0. The molecule has 0 spiro atoms. The Morgan fingerprint density at radius 2 is 0.857 bits per heavy atom. The summed E-state index contributed by atoms with van der Waals surface area (Å²) in [7, 11) is 0. The molecule has 2 heteroatoms. The van der Waals surface area contributed by atoms with Crippen molar-refractivity contribution in [2.75, 3.05) is 4.90 Å². The van der Waals surface area contributed by atoms with Gasteiger partial charge in [0.05, 0.1) is 16.7 Å². The van der Waals surface area contributed by atoms with Crippen molar-refractivity contribution in [2.45, 2.75) is 0 Å². The molecule has 0 amide bonds. The van der Waals surface area contributed by atoms with E-state index in [9.17, 15) is 11.0 Å². The predicted molar refractivity (Wildman–Crippen MR) is 237 cm³/mol. The van der Waals surface area contributed by atoms with Crippen LogP contribution >= 0.6 is 0 Å². The van der Waals surface area contributed by atoms with Crippen LogP contribution in [0.3, 0.4) is 0 Å². The molecule has 2 nitrogen and oxygen atoms in total. The monoisotopic (exact) mass is 721 g/mol. The number of para-hydroxylation sites is 2. The second-order valence-corrected chi connectivity index (χ2v) is 13.9. The molecule has 0 aliphatic carbocycles. The Labute approximate surface area is 336 Å². The minimum Gasteiger partial charge on any atom is -0.455 e. The van der Waals surface area contributed by atoms with E-state index in [2.05, 4.69) is 0 Å². The SMILES string of the molecule is [2H]c1c([2H])c(N(c2ccccc2-c2cc3c4ccccc4oc3c3ccccc23)c2c([2H])c([2H])c(-c3ccc4ccccc4c3)c([2H])c2[2H])c([2H])c([2H])c1-c1ccc2ccccc2c1. The third-order valence-corrected chi connectivity index (χ3v) is 10.6. The van der Waals surface area contributed by atoms with Crippen molar-refractivity contribution in [2.24, 2.45) is 0 Å². The average molecular weight is 722 g/mol. The van der Waals surface area contributed by atoms with Crippen LogP contribution in [0.2, 0.25) is 0 Å². The van der Waals surface area contributed by atoms with Gasteiger partial charge in [-0.25, -0.2) is 0 Å². The molecule has 0 aliphatic rings. The Morgan fingerprint density at radius 1 is 0.357 bits per heavy atom. The van der Waals surface area contributed by atoms with Crippen LogP contribution in [0.15, 0.2) is 217 Å². The molecule has 0 saturated heterocycles. The fourth-order valence-electron chi connectivity index (χ4n) is 7.83. The highest BCUT2D eigenvalue weighted by molar-refractivity contribution is 6.19. The van der Waals surface area contributed by atoms with Crippen molar-refractivity contribution in [1.29, 1.82) is 0 Å². The third-order valence-electron chi connectivity index (χ3n) is 10.6. The van der Waals surface area contributed by atoms with Gasteiger partial charge in [-0.2, -0.15) is 0 Å². The van der Waals surface area contributed by atoms with Crippen LogP contribution < -0.4 is 4.90 Å². The zero-order chi connectivity index (χ0) is 44.0. The number of benzene rings is 10. The van der Waals surface area contributed by atoms with Gasteiger partial charge in [0.25, 0.3) is 0 Å². The van der Waals surface area contributed by atoms with Crippen LogP contribution in [0, 0.1) is 0 Å². The molecule has 0 bridgehead atoms. The van der Waals surface area contributed by atoms with Crippen molar-refractivity contribution < 1.29 is 15.4 Å². The largest absolute Gasteiger partial charge is 0.455 e. The Balaban J connectivity index is 1.22. The van der Waals surface area contributed by atoms with Gasteiger partial charge in [-0.3, -0.25) is 0 Å². The third kappa shape index (κ3) is 5.42. The van der Waals surface area contributed by atoms with Crippen LogP contribution in [-0.4, -0.2) is 0 Å². The van der Waals surface area contributed by atoms with Gasteiger partial charge in [-0.05, 0) is 109 Å². The Hall–Kier alpha value is -7.42. The maximum absolute atomic E-state index is 9.74. The summed E-state index contributed by atoms with van der Waals surface area (Å²) < 4.78 is 83.5. The van der Waals surface area contributed by atoms with Crippen LogP contribution in [0.4, 0.5) is 17.1 Å². The van der Waals surface area contributed by atoms with E-state index in [1.807, 2.05) is 140 Å². The van der Waals surface area contributed by atoms with E-state index in [0.29, 0.717) is 28.0 Å². The molecule has 0 N–H and O–H groups in total. The first kappa shape index (κ1) is 24.8. The van der Waals surface area contributed by atoms with Gasteiger partial charge in [0.1, 0.15) is 11.2 Å². The van der Waals surface area contributed by atoms with E-state index in [1.165, 1.54) is 4.90 Å². The number of hydrogen-bond acceptors (Lipinski definition) is 2. The lowest BCUT2D eigenvalue weighted by Crippen LogP contribution is -2.11. The van der Waals surface area contributed by atoms with Gasteiger partial charge in [0, 0.05) is 33.1 Å². The van der Waals surface area contributed by atoms with E-state index in [1.54, 1.807) is 24.3 Å². The maximum atomic E-state index is 9.74. The maximum Gasteiger partial charge on any atom is 0.143 e. The summed E-state index contributed by atoms with van der Waals surface area (Å²) in [5.41, 5.74) is 3.89. The number of anilines is 3. The molecule has 1 heterocycles. The zero-order valence-corrected chi connectivity index (χ0v) is 29.9. The average Bonchev–Trinajstić information content (AvgIpc) is 3.71. The zero-order valence-electron chi connectivity index (χ0n) is 37.9. The lowest BCUT2D eigenvalue weighted by Gasteiger charge is -2.28. The normalized spacial score (nSPS) is 13.6. The van der Waals surface area contributed by atoms with Gasteiger partial charge < -0.3 is 9.32 Å². The Kier molecular flexibility index (Phi) is 5.83. The van der Waals surface area contributed by atoms with Crippen LogP contribution in [0.25, 0.3) is 87.6 Å². The van der Waals surface area contributed by atoms with Gasteiger partial charge in [0.2, 0.25) is 0 Å². The predicted octanol–water partition coefficient (Wildman–Crippen LogP) is 15.5. The summed E-state index contributed by atoms with van der Waals surface area (Å²) in [5, 5.41) is 7.13. The second-order valence-electron chi connectivity index (χ2n) is 13.9. The molecule has 1 aromatic heterocycles. The first-order valence-corrected chi connectivity index (χ1v) is 18.5. The highest BCUT2D eigenvalue weighted by atomic mass is 16.3. The molecule has 0 fully saturated rings. The van der Waals surface area contributed by atoms with Crippen LogP contribution in [0.5, 0.6) is 0 Å². The van der Waals surface area contributed by atoms with E-state index >= 15 is 0 Å². The van der Waals surface area contributed by atoms with Crippen molar-refractivity contribution >= 4 is 71.3 Å². The van der Waals surface area contributed by atoms with Crippen molar-refractivity contribution in [1.82, 2.24) is 0 Å². The number of furan rings is 1. The van der Waals surface area contributed by atoms with Gasteiger partial charge in [0.15, 0.2) is 0 Å². The molecule has 10 aromatic carbocycles. The highest BCUT2D eigenvalue weighted by Crippen LogP contribution is 2.46. The second kappa shape index (κ2) is 13.2. The quantitative estimate of drug-likeness (QED) is 0.170. The summed E-state index contributed by atoms with van der Waals surface area (Å²) in [4.78, 5) is 1.40. The van der Waals surface area contributed by atoms with E-state index in [-0.39, 0.29) is 46.7 Å². The minimum atomic E-state index is -0.407. The fourth-order valence-corrected chi connectivity index (χ4v) is 7.83. The number of rotatable bonds is 6. The molecule has 0 saturated carbocycles. The molecule has 56 heavy (non-hydrogen) atoms. The lowest BCUT2D eigenvalue weighted by molar-refractivity contribution is 0.672. The van der Waals surface area contributed by atoms with Gasteiger partial charge in [-0.1, -0.05) is 158 Å². The summed E-state index contributed by atoms with van der Waals surface area (Å²) in [6, 6.07) is 48.6. The smallest absolute Gasteiger partial charge is 0.143 e. The summed E-state index contributed by atoms with van der Waals surface area (Å²) in [5.74, 6) is 0. The topological polar surface area (TPSA) is 16.4 Å². The van der Waals surface area contributed by atoms with Gasteiger partial charge in [-0.15, -0.1) is 0 Å². The first-order chi connectivity index (χ1) is 31.1. The van der Waals surface area contributed by atoms with E-state index in [0.717, 1.165) is 54.2 Å². The lowest BCUT2D eigenvalue weighted by atomic mass is 9.93. The summed E-state index contributed by atoms with van der Waals surface area (Å²) in [6.07, 6.45) is 0. The highest BCUT2D eigenvalue weighted by Gasteiger charge is 2.21. The molecule has 0 radical (unpaired) electrons.